The summed E-state index contributed by atoms with van der Waals surface area (Å²) in [7, 11) is 1.56. The summed E-state index contributed by atoms with van der Waals surface area (Å²) >= 11 is 6.52. The number of fused-ring (bicyclic) bond motifs is 1. The van der Waals surface area contributed by atoms with Crippen LogP contribution in [0.3, 0.4) is 0 Å². The fourth-order valence-electron chi connectivity index (χ4n) is 3.78. The van der Waals surface area contributed by atoms with Gasteiger partial charge in [-0.15, -0.1) is 0 Å². The number of aromatic nitrogens is 2. The molecular weight excluding hydrogens is 478 g/mol. The van der Waals surface area contributed by atoms with Crippen LogP contribution in [0.15, 0.2) is 34.1 Å². The van der Waals surface area contributed by atoms with Crippen LogP contribution in [-0.2, 0) is 14.3 Å². The second-order valence-electron chi connectivity index (χ2n) is 7.58. The molecule has 0 radical (unpaired) electrons. The predicted molar refractivity (Wildman–Crippen MR) is 134 cm³/mol. The first kappa shape index (κ1) is 24.2. The van der Waals surface area contributed by atoms with Gasteiger partial charge in [-0.05, 0) is 25.1 Å². The van der Waals surface area contributed by atoms with Crippen molar-refractivity contribution in [3.63, 3.8) is 0 Å². The Labute approximate surface area is 206 Å². The first-order valence-electron chi connectivity index (χ1n) is 10.9. The lowest BCUT2D eigenvalue weighted by atomic mass is 10.2. The van der Waals surface area contributed by atoms with Crippen LogP contribution in [0.5, 0.6) is 0 Å². The molecule has 0 aliphatic carbocycles. The van der Waals surface area contributed by atoms with Crippen LogP contribution in [0.2, 0.25) is 0 Å². The number of ether oxygens (including phenoxy) is 2. The average molecular weight is 504 g/mol. The number of thiocarbonyl (C=S) groups is 1. The molecule has 0 unspecified atom stereocenters. The van der Waals surface area contributed by atoms with Gasteiger partial charge in [-0.2, -0.15) is 0 Å². The van der Waals surface area contributed by atoms with E-state index in [-0.39, 0.29) is 17.6 Å². The van der Waals surface area contributed by atoms with Gasteiger partial charge in [-0.25, -0.2) is 9.78 Å². The Bertz CT molecular complexity index is 1210. The molecule has 0 aromatic carbocycles. The second kappa shape index (κ2) is 10.5. The van der Waals surface area contributed by atoms with Crippen molar-refractivity contribution in [3.05, 3.63) is 45.2 Å². The summed E-state index contributed by atoms with van der Waals surface area (Å²) in [5.41, 5.74) is 0.524. The van der Waals surface area contributed by atoms with Crippen molar-refractivity contribution in [1.29, 1.82) is 0 Å². The lowest BCUT2D eigenvalue weighted by Gasteiger charge is -2.35. The van der Waals surface area contributed by atoms with Crippen molar-refractivity contribution < 1.29 is 19.1 Å². The number of methoxy groups -OCH3 is 1. The largest absolute Gasteiger partial charge is 0.450 e. The van der Waals surface area contributed by atoms with Gasteiger partial charge in [0.15, 0.2) is 0 Å². The van der Waals surface area contributed by atoms with Gasteiger partial charge in [0.25, 0.3) is 11.5 Å². The topological polar surface area (TPSA) is 96.7 Å². The number of hydrogen-bond acceptors (Lipinski definition) is 9. The Morgan fingerprint density at radius 1 is 1.24 bits per heavy atom. The summed E-state index contributed by atoms with van der Waals surface area (Å²) in [5.74, 6) is 0.213. The van der Waals surface area contributed by atoms with Crippen molar-refractivity contribution in [2.24, 2.45) is 0 Å². The fraction of sp³-hybridized carbons (Fsp3) is 0.409. The summed E-state index contributed by atoms with van der Waals surface area (Å²) in [6.45, 7) is 4.61. The van der Waals surface area contributed by atoms with E-state index in [1.165, 1.54) is 9.30 Å². The van der Waals surface area contributed by atoms with Crippen LogP contribution in [-0.4, -0.2) is 88.6 Å². The highest BCUT2D eigenvalue weighted by Gasteiger charge is 2.33. The summed E-state index contributed by atoms with van der Waals surface area (Å²) < 4.78 is 12.0. The van der Waals surface area contributed by atoms with E-state index in [4.69, 9.17) is 26.7 Å². The van der Waals surface area contributed by atoms with E-state index in [1.807, 2.05) is 11.0 Å². The lowest BCUT2D eigenvalue weighted by molar-refractivity contribution is -0.122. The molecule has 2 saturated heterocycles. The number of thioether (sulfide) groups is 1. The van der Waals surface area contributed by atoms with Gasteiger partial charge in [0.05, 0.1) is 30.2 Å². The Hall–Kier alpha value is -2.96. The highest BCUT2D eigenvalue weighted by molar-refractivity contribution is 8.26. The molecule has 2 fully saturated rings. The number of hydrogen-bond donors (Lipinski definition) is 0. The van der Waals surface area contributed by atoms with E-state index >= 15 is 0 Å². The minimum absolute atomic E-state index is 0.261. The molecular formula is C22H25N5O5S2. The van der Waals surface area contributed by atoms with Gasteiger partial charge in [-0.1, -0.05) is 30.0 Å². The fourth-order valence-corrected chi connectivity index (χ4v) is 5.07. The van der Waals surface area contributed by atoms with E-state index in [0.717, 1.165) is 11.8 Å². The molecule has 2 aliphatic rings. The van der Waals surface area contributed by atoms with Crippen LogP contribution in [0.1, 0.15) is 12.5 Å². The molecule has 0 bridgehead atoms. The van der Waals surface area contributed by atoms with E-state index in [2.05, 4.69) is 0 Å². The highest BCUT2D eigenvalue weighted by Crippen LogP contribution is 2.33. The Morgan fingerprint density at radius 3 is 2.71 bits per heavy atom. The maximum atomic E-state index is 13.5. The number of anilines is 1. The van der Waals surface area contributed by atoms with Crippen LogP contribution in [0, 0.1) is 0 Å². The van der Waals surface area contributed by atoms with E-state index in [0.29, 0.717) is 72.2 Å². The molecule has 2 amide bonds. The molecule has 2 aromatic rings. The average Bonchev–Trinajstić information content (AvgIpc) is 3.11. The van der Waals surface area contributed by atoms with Gasteiger partial charge in [-0.3, -0.25) is 18.9 Å². The quantitative estimate of drug-likeness (QED) is 0.432. The number of nitrogens with zero attached hydrogens (tertiary/aromatic N) is 5. The number of amides is 2. The molecule has 4 rings (SSSR count). The normalized spacial score (nSPS) is 17.8. The zero-order valence-electron chi connectivity index (χ0n) is 18.9. The predicted octanol–water partition coefficient (Wildman–Crippen LogP) is 1.82. The summed E-state index contributed by atoms with van der Waals surface area (Å²) in [6.07, 6.45) is 2.87. The number of pyridine rings is 1. The van der Waals surface area contributed by atoms with Crippen molar-refractivity contribution in [2.75, 3.05) is 57.9 Å². The van der Waals surface area contributed by atoms with Crippen molar-refractivity contribution in [1.82, 2.24) is 19.2 Å². The highest BCUT2D eigenvalue weighted by atomic mass is 32.2. The van der Waals surface area contributed by atoms with E-state index in [9.17, 15) is 14.4 Å². The van der Waals surface area contributed by atoms with Crippen molar-refractivity contribution in [2.45, 2.75) is 6.92 Å². The van der Waals surface area contributed by atoms with E-state index < -0.39 is 0 Å². The third-order valence-corrected chi connectivity index (χ3v) is 6.90. The third-order valence-electron chi connectivity index (χ3n) is 5.52. The van der Waals surface area contributed by atoms with E-state index in [1.54, 1.807) is 43.3 Å². The second-order valence-corrected chi connectivity index (χ2v) is 9.26. The summed E-state index contributed by atoms with van der Waals surface area (Å²) in [6, 6.07) is 5.32. The molecule has 180 valence electrons. The molecule has 0 spiro atoms. The van der Waals surface area contributed by atoms with Crippen molar-refractivity contribution >= 4 is 57.8 Å². The van der Waals surface area contributed by atoms with Gasteiger partial charge < -0.3 is 19.3 Å². The maximum Gasteiger partial charge on any atom is 0.409 e. The Balaban J connectivity index is 1.70. The van der Waals surface area contributed by atoms with Crippen molar-refractivity contribution in [3.8, 4) is 0 Å². The molecule has 0 saturated carbocycles. The number of piperazine rings is 1. The molecule has 0 N–H and O–H groups in total. The minimum atomic E-state index is -0.353. The van der Waals surface area contributed by atoms with Crippen LogP contribution in [0.25, 0.3) is 11.7 Å². The molecule has 10 nitrogen and oxygen atoms in total. The van der Waals surface area contributed by atoms with Gasteiger partial charge in [0, 0.05) is 39.5 Å². The summed E-state index contributed by atoms with van der Waals surface area (Å²) in [5, 5.41) is 0. The molecule has 2 aromatic heterocycles. The zero-order chi connectivity index (χ0) is 24.2. The van der Waals surface area contributed by atoms with Crippen LogP contribution < -0.4 is 10.5 Å². The molecule has 4 heterocycles. The molecule has 2 aliphatic heterocycles. The molecule has 0 atom stereocenters. The third kappa shape index (κ3) is 4.79. The smallest absolute Gasteiger partial charge is 0.409 e. The van der Waals surface area contributed by atoms with Crippen LogP contribution >= 0.6 is 24.0 Å². The van der Waals surface area contributed by atoms with Crippen LogP contribution in [0.4, 0.5) is 10.6 Å². The SMILES string of the molecule is CCOC(=O)N1CCN(c2nc3ccccn3c(=O)c2C=C2SC(=S)N(CCOC)C2=O)CC1. The summed E-state index contributed by atoms with van der Waals surface area (Å²) in [4.78, 5) is 48.7. The lowest BCUT2D eigenvalue weighted by Crippen LogP contribution is -2.49. The molecule has 34 heavy (non-hydrogen) atoms. The Morgan fingerprint density at radius 2 is 2.00 bits per heavy atom. The first-order chi connectivity index (χ1) is 16.4. The molecule has 12 heteroatoms. The van der Waals surface area contributed by atoms with Gasteiger partial charge in [0.2, 0.25) is 0 Å². The minimum Gasteiger partial charge on any atom is -0.450 e. The monoisotopic (exact) mass is 503 g/mol. The number of carbonyl (C=O) groups is 2. The Kier molecular flexibility index (Phi) is 7.49. The zero-order valence-corrected chi connectivity index (χ0v) is 20.6. The first-order valence-corrected chi connectivity index (χ1v) is 12.1. The maximum absolute atomic E-state index is 13.5. The standard InChI is InChI=1S/C22H25N5O5S2/c1-3-32-21(30)25-10-8-24(9-11-25)18-15(19(28)26-7-5-4-6-17(26)23-18)14-16-20(29)27(12-13-31-2)22(33)34-16/h4-7,14H,3,8-13H2,1-2H3. The van der Waals surface area contributed by atoms with Gasteiger partial charge in [0.1, 0.15) is 15.8 Å². The number of carbonyl (C=O) groups excluding carboxylic acids is 2. The van der Waals surface area contributed by atoms with Gasteiger partial charge >= 0.3 is 6.09 Å². The number of rotatable bonds is 6.